The number of hydrogen-bond donors (Lipinski definition) is 2. The Hall–Kier alpha value is -2.77. The molecule has 2 heterocycles. The van der Waals surface area contributed by atoms with Crippen LogP contribution >= 0.6 is 11.8 Å². The summed E-state index contributed by atoms with van der Waals surface area (Å²) in [5, 5.41) is 7.59. The number of fused-ring (bicyclic) bond motifs is 1. The fraction of sp³-hybridized carbons (Fsp3) is 0.360. The minimum atomic E-state index is -0.291. The fourth-order valence-corrected chi connectivity index (χ4v) is 4.54. The van der Waals surface area contributed by atoms with Gasteiger partial charge in [-0.15, -0.1) is 11.8 Å². The lowest BCUT2D eigenvalue weighted by molar-refractivity contribution is -0.116. The topological polar surface area (TPSA) is 70.7 Å². The van der Waals surface area contributed by atoms with Gasteiger partial charge in [0.05, 0.1) is 6.61 Å². The first kappa shape index (κ1) is 22.4. The number of anilines is 1. The molecule has 2 aromatic rings. The third kappa shape index (κ3) is 5.72. The highest BCUT2D eigenvalue weighted by Crippen LogP contribution is 2.21. The Morgan fingerprint density at radius 3 is 2.78 bits per heavy atom. The molecule has 2 amide bonds. The van der Waals surface area contributed by atoms with E-state index in [0.717, 1.165) is 43.8 Å². The van der Waals surface area contributed by atoms with Crippen LogP contribution in [-0.2, 0) is 22.5 Å². The number of carbonyl (C=O) groups is 2. The SMILES string of the molecule is Cc1ccc(C(=O)NCCCN2CCc3ccccc3C2)cc1NC(=O)C1=CSCCO1. The first-order valence-electron chi connectivity index (χ1n) is 11.0. The number of nitrogens with one attached hydrogen (secondary N) is 2. The van der Waals surface area contributed by atoms with Gasteiger partial charge in [0, 0.05) is 48.6 Å². The van der Waals surface area contributed by atoms with E-state index in [-0.39, 0.29) is 11.8 Å². The van der Waals surface area contributed by atoms with Crippen molar-refractivity contribution in [1.82, 2.24) is 10.2 Å². The number of aryl methyl sites for hydroxylation is 1. The average Bonchev–Trinajstić information content (AvgIpc) is 2.83. The van der Waals surface area contributed by atoms with Crippen LogP contribution in [0.15, 0.2) is 53.6 Å². The second-order valence-corrected chi connectivity index (χ2v) is 9.07. The number of rotatable bonds is 7. The molecule has 6 nitrogen and oxygen atoms in total. The lowest BCUT2D eigenvalue weighted by Gasteiger charge is -2.28. The van der Waals surface area contributed by atoms with Crippen LogP contribution < -0.4 is 10.6 Å². The monoisotopic (exact) mass is 451 g/mol. The first-order chi connectivity index (χ1) is 15.6. The first-order valence-corrected chi connectivity index (χ1v) is 12.1. The van der Waals surface area contributed by atoms with Crippen LogP contribution in [0, 0.1) is 6.92 Å². The Balaban J connectivity index is 1.26. The van der Waals surface area contributed by atoms with Crippen molar-refractivity contribution < 1.29 is 14.3 Å². The highest BCUT2D eigenvalue weighted by atomic mass is 32.2. The molecular weight excluding hydrogens is 422 g/mol. The molecule has 0 saturated heterocycles. The van der Waals surface area contributed by atoms with E-state index in [2.05, 4.69) is 39.8 Å². The van der Waals surface area contributed by atoms with E-state index >= 15 is 0 Å². The van der Waals surface area contributed by atoms with Crippen LogP contribution in [0.2, 0.25) is 0 Å². The van der Waals surface area contributed by atoms with Crippen LogP contribution in [0.4, 0.5) is 5.69 Å². The zero-order valence-electron chi connectivity index (χ0n) is 18.4. The van der Waals surface area contributed by atoms with Crippen molar-refractivity contribution in [2.24, 2.45) is 0 Å². The summed E-state index contributed by atoms with van der Waals surface area (Å²) < 4.78 is 5.41. The lowest BCUT2D eigenvalue weighted by Crippen LogP contribution is -2.33. The van der Waals surface area contributed by atoms with E-state index in [4.69, 9.17) is 4.74 Å². The van der Waals surface area contributed by atoms with Crippen molar-refractivity contribution in [3.05, 3.63) is 75.9 Å². The molecular formula is C25H29N3O3S. The summed E-state index contributed by atoms with van der Waals surface area (Å²) >= 11 is 1.56. The number of nitrogens with zero attached hydrogens (tertiary/aromatic N) is 1. The van der Waals surface area contributed by atoms with Gasteiger partial charge in [-0.3, -0.25) is 14.5 Å². The maximum absolute atomic E-state index is 12.6. The Bertz CT molecular complexity index is 1020. The van der Waals surface area contributed by atoms with E-state index in [0.29, 0.717) is 30.2 Å². The number of benzene rings is 2. The summed E-state index contributed by atoms with van der Waals surface area (Å²) in [5.41, 5.74) is 4.90. The average molecular weight is 452 g/mol. The molecule has 0 aromatic heterocycles. The zero-order valence-corrected chi connectivity index (χ0v) is 19.2. The molecule has 0 radical (unpaired) electrons. The second kappa shape index (κ2) is 10.7. The van der Waals surface area contributed by atoms with Crippen molar-refractivity contribution in [1.29, 1.82) is 0 Å². The quantitative estimate of drug-likeness (QED) is 0.628. The van der Waals surface area contributed by atoms with E-state index in [9.17, 15) is 9.59 Å². The van der Waals surface area contributed by atoms with Crippen LogP contribution in [0.25, 0.3) is 0 Å². The van der Waals surface area contributed by atoms with Crippen LogP contribution in [0.1, 0.15) is 33.5 Å². The predicted octanol–water partition coefficient (Wildman–Crippen LogP) is 3.72. The van der Waals surface area contributed by atoms with E-state index < -0.39 is 0 Å². The molecule has 32 heavy (non-hydrogen) atoms. The second-order valence-electron chi connectivity index (χ2n) is 8.09. The molecule has 0 unspecified atom stereocenters. The van der Waals surface area contributed by atoms with Crippen LogP contribution in [0.3, 0.4) is 0 Å². The number of ether oxygens (including phenoxy) is 1. The summed E-state index contributed by atoms with van der Waals surface area (Å²) in [6.07, 6.45) is 1.98. The van der Waals surface area contributed by atoms with Crippen molar-refractivity contribution in [3.8, 4) is 0 Å². The maximum atomic E-state index is 12.6. The van der Waals surface area contributed by atoms with Gasteiger partial charge in [-0.25, -0.2) is 0 Å². The molecule has 0 aliphatic carbocycles. The Morgan fingerprint density at radius 2 is 1.97 bits per heavy atom. The molecule has 4 rings (SSSR count). The number of carbonyl (C=O) groups excluding carboxylic acids is 2. The summed E-state index contributed by atoms with van der Waals surface area (Å²) in [7, 11) is 0. The molecule has 0 fully saturated rings. The molecule has 0 spiro atoms. The zero-order chi connectivity index (χ0) is 22.3. The van der Waals surface area contributed by atoms with Gasteiger partial charge < -0.3 is 15.4 Å². The van der Waals surface area contributed by atoms with Crippen molar-refractivity contribution in [2.75, 3.05) is 37.3 Å². The van der Waals surface area contributed by atoms with Gasteiger partial charge in [0.1, 0.15) is 0 Å². The molecule has 2 aliphatic rings. The minimum absolute atomic E-state index is 0.131. The van der Waals surface area contributed by atoms with Gasteiger partial charge in [0.15, 0.2) is 5.76 Å². The number of hydrogen-bond acceptors (Lipinski definition) is 5. The summed E-state index contributed by atoms with van der Waals surface area (Å²) in [4.78, 5) is 27.5. The maximum Gasteiger partial charge on any atom is 0.291 e. The van der Waals surface area contributed by atoms with Crippen molar-refractivity contribution in [3.63, 3.8) is 0 Å². The van der Waals surface area contributed by atoms with Crippen molar-refractivity contribution >= 4 is 29.3 Å². The molecule has 7 heteroatoms. The molecule has 0 bridgehead atoms. The van der Waals surface area contributed by atoms with Crippen molar-refractivity contribution in [2.45, 2.75) is 26.3 Å². The van der Waals surface area contributed by atoms with Crippen LogP contribution in [-0.4, -0.2) is 48.7 Å². The van der Waals surface area contributed by atoms with Gasteiger partial charge >= 0.3 is 0 Å². The normalized spacial score (nSPS) is 15.8. The summed E-state index contributed by atoms with van der Waals surface area (Å²) in [6.45, 7) is 6.03. The van der Waals surface area contributed by atoms with Gasteiger partial charge in [0.2, 0.25) is 0 Å². The van der Waals surface area contributed by atoms with E-state index in [1.54, 1.807) is 29.3 Å². The molecule has 2 aliphatic heterocycles. The van der Waals surface area contributed by atoms with Crippen LogP contribution in [0.5, 0.6) is 0 Å². The number of thioether (sulfide) groups is 1. The Morgan fingerprint density at radius 1 is 1.12 bits per heavy atom. The number of amides is 2. The highest BCUT2D eigenvalue weighted by Gasteiger charge is 2.17. The van der Waals surface area contributed by atoms with E-state index in [1.165, 1.54) is 11.1 Å². The molecule has 2 N–H and O–H groups in total. The Labute approximate surface area is 193 Å². The largest absolute Gasteiger partial charge is 0.487 e. The third-order valence-corrected chi connectivity index (χ3v) is 6.55. The molecule has 0 atom stereocenters. The molecule has 168 valence electrons. The fourth-order valence-electron chi connectivity index (χ4n) is 3.92. The van der Waals surface area contributed by atoms with Gasteiger partial charge in [-0.05, 0) is 48.6 Å². The predicted molar refractivity (Wildman–Crippen MR) is 129 cm³/mol. The highest BCUT2D eigenvalue weighted by molar-refractivity contribution is 8.02. The molecule has 2 aromatic carbocycles. The minimum Gasteiger partial charge on any atom is -0.487 e. The van der Waals surface area contributed by atoms with Gasteiger partial charge in [0.25, 0.3) is 11.8 Å². The Kier molecular flexibility index (Phi) is 7.50. The van der Waals surface area contributed by atoms with Gasteiger partial charge in [-0.1, -0.05) is 30.3 Å². The third-order valence-electron chi connectivity index (χ3n) is 5.77. The lowest BCUT2D eigenvalue weighted by atomic mass is 10.00. The molecule has 0 saturated carbocycles. The van der Waals surface area contributed by atoms with E-state index in [1.807, 2.05) is 13.0 Å². The summed E-state index contributed by atoms with van der Waals surface area (Å²) in [5.74, 6) is 0.737. The summed E-state index contributed by atoms with van der Waals surface area (Å²) in [6, 6.07) is 14.0. The van der Waals surface area contributed by atoms with Gasteiger partial charge in [-0.2, -0.15) is 0 Å². The smallest absolute Gasteiger partial charge is 0.291 e. The standard InChI is InChI=1S/C25H29N3O3S/c1-18-7-8-20(15-22(18)27-25(30)23-17-32-14-13-31-23)24(29)26-10-4-11-28-12-9-19-5-2-3-6-21(19)16-28/h2-3,5-8,15,17H,4,9-14,16H2,1H3,(H,26,29)(H,27,30).